The number of carbonyl (C=O) groups is 1. The molecule has 0 bridgehead atoms. The van der Waals surface area contributed by atoms with Crippen molar-refractivity contribution < 1.29 is 4.79 Å². The van der Waals surface area contributed by atoms with E-state index in [4.69, 9.17) is 0 Å². The molecule has 2 atom stereocenters. The average molecular weight is 342 g/mol. The molecule has 1 aliphatic rings. The van der Waals surface area contributed by atoms with E-state index in [1.165, 1.54) is 24.1 Å². The van der Waals surface area contributed by atoms with Crippen molar-refractivity contribution in [1.29, 1.82) is 0 Å². The topological polar surface area (TPSA) is 75.9 Å². The van der Waals surface area contributed by atoms with Gasteiger partial charge < -0.3 is 10.2 Å². The third kappa shape index (κ3) is 4.35. The van der Waals surface area contributed by atoms with Crippen molar-refractivity contribution in [2.45, 2.75) is 45.2 Å². The third-order valence-electron chi connectivity index (χ3n) is 4.84. The highest BCUT2D eigenvalue weighted by Crippen LogP contribution is 2.23. The van der Waals surface area contributed by atoms with Gasteiger partial charge in [0.15, 0.2) is 0 Å². The molecule has 1 heterocycles. The molecule has 1 aliphatic carbocycles. The van der Waals surface area contributed by atoms with Gasteiger partial charge in [-0.1, -0.05) is 19.8 Å². The molecule has 2 aromatic rings. The molecule has 1 aromatic heterocycles. The predicted octanol–water partition coefficient (Wildman–Crippen LogP) is 2.10. The maximum atomic E-state index is 12.2. The number of anilines is 1. The van der Waals surface area contributed by atoms with Crippen molar-refractivity contribution in [3.63, 3.8) is 0 Å². The lowest BCUT2D eigenvalue weighted by atomic mass is 9.86. The van der Waals surface area contributed by atoms with Crippen LogP contribution in [0.2, 0.25) is 0 Å². The number of nitrogens with zero attached hydrogens (tertiary/aromatic N) is 5. The molecule has 1 N–H and O–H groups in total. The van der Waals surface area contributed by atoms with Gasteiger partial charge >= 0.3 is 0 Å². The van der Waals surface area contributed by atoms with Gasteiger partial charge in [-0.3, -0.25) is 4.79 Å². The minimum absolute atomic E-state index is 0.0503. The summed E-state index contributed by atoms with van der Waals surface area (Å²) in [7, 11) is 3.99. The fourth-order valence-corrected chi connectivity index (χ4v) is 3.25. The van der Waals surface area contributed by atoms with Gasteiger partial charge in [0.25, 0.3) is 0 Å². The van der Waals surface area contributed by atoms with Gasteiger partial charge in [-0.25, -0.2) is 0 Å². The van der Waals surface area contributed by atoms with Crippen LogP contribution in [0.5, 0.6) is 0 Å². The van der Waals surface area contributed by atoms with Crippen LogP contribution in [0, 0.1) is 5.92 Å². The number of hydrogen-bond acceptors (Lipinski definition) is 5. The second-order valence-corrected chi connectivity index (χ2v) is 7.02. The van der Waals surface area contributed by atoms with E-state index in [1.54, 1.807) is 0 Å². The minimum atomic E-state index is -0.0503. The van der Waals surface area contributed by atoms with Crippen LogP contribution in [0.4, 0.5) is 5.69 Å². The first-order valence-electron chi connectivity index (χ1n) is 8.88. The molecule has 0 unspecified atom stereocenters. The number of hydrogen-bond donors (Lipinski definition) is 1. The first-order valence-corrected chi connectivity index (χ1v) is 8.88. The van der Waals surface area contributed by atoms with E-state index in [9.17, 15) is 4.79 Å². The largest absolute Gasteiger partial charge is 0.378 e. The Balaban J connectivity index is 1.60. The van der Waals surface area contributed by atoms with Crippen LogP contribution in [-0.4, -0.2) is 46.3 Å². The standard InChI is InChI=1S/C18H26N6O/c1-13-6-4-5-7-16(13)19-17(25)12-24-21-18(20-22-24)14-8-10-15(11-9-14)23(2)3/h8-11,13,16H,4-7,12H2,1-3H3,(H,19,25)/t13-,16+/m0/s1. The number of aromatic nitrogens is 4. The molecule has 3 rings (SSSR count). The van der Waals surface area contributed by atoms with Gasteiger partial charge in [0.05, 0.1) is 0 Å². The zero-order valence-electron chi connectivity index (χ0n) is 15.1. The Morgan fingerprint density at radius 1 is 1.24 bits per heavy atom. The normalized spacial score (nSPS) is 20.3. The van der Waals surface area contributed by atoms with E-state index in [-0.39, 0.29) is 18.5 Å². The molecule has 25 heavy (non-hydrogen) atoms. The molecule has 7 heteroatoms. The van der Waals surface area contributed by atoms with Gasteiger partial charge in [0, 0.05) is 31.4 Å². The van der Waals surface area contributed by atoms with Crippen LogP contribution in [0.1, 0.15) is 32.6 Å². The quantitative estimate of drug-likeness (QED) is 0.900. The lowest BCUT2D eigenvalue weighted by molar-refractivity contribution is -0.123. The molecule has 134 valence electrons. The molecular weight excluding hydrogens is 316 g/mol. The van der Waals surface area contributed by atoms with Gasteiger partial charge in [-0.15, -0.1) is 10.2 Å². The van der Waals surface area contributed by atoms with Crippen molar-refractivity contribution in [3.8, 4) is 11.4 Å². The van der Waals surface area contributed by atoms with E-state index in [2.05, 4.69) is 27.7 Å². The van der Waals surface area contributed by atoms with Crippen LogP contribution in [0.15, 0.2) is 24.3 Å². The van der Waals surface area contributed by atoms with Crippen LogP contribution >= 0.6 is 0 Å². The van der Waals surface area contributed by atoms with Gasteiger partial charge in [-0.2, -0.15) is 4.80 Å². The lowest BCUT2D eigenvalue weighted by Gasteiger charge is -2.29. The summed E-state index contributed by atoms with van der Waals surface area (Å²) in [6, 6.07) is 8.20. The van der Waals surface area contributed by atoms with E-state index >= 15 is 0 Å². The van der Waals surface area contributed by atoms with Crippen LogP contribution in [0.25, 0.3) is 11.4 Å². The number of rotatable bonds is 5. The Morgan fingerprint density at radius 3 is 2.64 bits per heavy atom. The number of amides is 1. The average Bonchev–Trinajstić information content (AvgIpc) is 3.05. The van der Waals surface area contributed by atoms with Gasteiger partial charge in [0.2, 0.25) is 11.7 Å². The van der Waals surface area contributed by atoms with Crippen molar-refractivity contribution in [2.75, 3.05) is 19.0 Å². The minimum Gasteiger partial charge on any atom is -0.378 e. The van der Waals surface area contributed by atoms with Crippen LogP contribution in [0.3, 0.4) is 0 Å². The van der Waals surface area contributed by atoms with Crippen molar-refractivity contribution in [2.24, 2.45) is 5.92 Å². The molecule has 0 spiro atoms. The van der Waals surface area contributed by atoms with Crippen LogP contribution in [-0.2, 0) is 11.3 Å². The smallest absolute Gasteiger partial charge is 0.243 e. The molecule has 0 aliphatic heterocycles. The first-order chi connectivity index (χ1) is 12.0. The lowest BCUT2D eigenvalue weighted by Crippen LogP contribution is -2.42. The zero-order valence-corrected chi connectivity index (χ0v) is 15.1. The Hall–Kier alpha value is -2.44. The highest BCUT2D eigenvalue weighted by atomic mass is 16.2. The summed E-state index contributed by atoms with van der Waals surface area (Å²) in [4.78, 5) is 15.6. The fourth-order valence-electron chi connectivity index (χ4n) is 3.25. The molecule has 1 amide bonds. The number of tetrazole rings is 1. The maximum absolute atomic E-state index is 12.2. The summed E-state index contributed by atoms with van der Waals surface area (Å²) in [6.07, 6.45) is 4.68. The van der Waals surface area contributed by atoms with Crippen molar-refractivity contribution in [3.05, 3.63) is 24.3 Å². The first kappa shape index (κ1) is 17.4. The molecular formula is C18H26N6O. The SMILES string of the molecule is C[C@H]1CCCC[C@H]1NC(=O)Cn1nnc(-c2ccc(N(C)C)cc2)n1. The Labute approximate surface area is 148 Å². The van der Waals surface area contributed by atoms with E-state index in [0.29, 0.717) is 11.7 Å². The Kier molecular flexibility index (Phi) is 5.31. The Morgan fingerprint density at radius 2 is 1.96 bits per heavy atom. The highest BCUT2D eigenvalue weighted by molar-refractivity contribution is 5.75. The Bertz CT molecular complexity index is 709. The molecule has 0 radical (unpaired) electrons. The van der Waals surface area contributed by atoms with Gasteiger partial charge in [-0.05, 0) is 48.2 Å². The summed E-state index contributed by atoms with van der Waals surface area (Å²) in [5.74, 6) is 1.02. The highest BCUT2D eigenvalue weighted by Gasteiger charge is 2.23. The number of carbonyl (C=O) groups excluding carboxylic acids is 1. The number of nitrogens with one attached hydrogen (secondary N) is 1. The summed E-state index contributed by atoms with van der Waals surface area (Å²) < 4.78 is 0. The molecule has 1 aromatic carbocycles. The van der Waals surface area contributed by atoms with E-state index in [1.807, 2.05) is 43.3 Å². The fraction of sp³-hybridized carbons (Fsp3) is 0.556. The van der Waals surface area contributed by atoms with Gasteiger partial charge in [0.1, 0.15) is 6.54 Å². The van der Waals surface area contributed by atoms with Crippen LogP contribution < -0.4 is 10.2 Å². The second kappa shape index (κ2) is 7.63. The van der Waals surface area contributed by atoms with Crippen molar-refractivity contribution in [1.82, 2.24) is 25.5 Å². The second-order valence-electron chi connectivity index (χ2n) is 7.02. The van der Waals surface area contributed by atoms with E-state index < -0.39 is 0 Å². The molecule has 1 fully saturated rings. The maximum Gasteiger partial charge on any atom is 0.243 e. The van der Waals surface area contributed by atoms with Crippen molar-refractivity contribution >= 4 is 11.6 Å². The molecule has 7 nitrogen and oxygen atoms in total. The third-order valence-corrected chi connectivity index (χ3v) is 4.84. The monoisotopic (exact) mass is 342 g/mol. The predicted molar refractivity (Wildman–Crippen MR) is 97.1 cm³/mol. The molecule has 1 saturated carbocycles. The summed E-state index contributed by atoms with van der Waals surface area (Å²) in [5.41, 5.74) is 2.00. The zero-order chi connectivity index (χ0) is 17.8. The summed E-state index contributed by atoms with van der Waals surface area (Å²) in [6.45, 7) is 2.30. The van der Waals surface area contributed by atoms with E-state index in [0.717, 1.165) is 17.7 Å². The summed E-state index contributed by atoms with van der Waals surface area (Å²) >= 11 is 0. The molecule has 0 saturated heterocycles. The summed E-state index contributed by atoms with van der Waals surface area (Å²) in [5, 5.41) is 15.5. The number of benzene rings is 1.